The van der Waals surface area contributed by atoms with Crippen molar-refractivity contribution in [2.24, 2.45) is 5.41 Å². The van der Waals surface area contributed by atoms with E-state index in [2.05, 4.69) is 20.8 Å². The maximum absolute atomic E-state index is 5.44. The van der Waals surface area contributed by atoms with E-state index in [1.165, 1.54) is 0 Å². The molecule has 0 radical (unpaired) electrons. The van der Waals surface area contributed by atoms with Gasteiger partial charge in [0, 0.05) is 11.5 Å². The normalized spacial score (nSPS) is 23.0. The van der Waals surface area contributed by atoms with Gasteiger partial charge in [0.15, 0.2) is 0 Å². The maximum Gasteiger partial charge on any atom is 0.125 e. The number of hydrogen-bond acceptors (Lipinski definition) is 2. The molecule has 1 rings (SSSR count). The predicted octanol–water partition coefficient (Wildman–Crippen LogP) is 2.48. The summed E-state index contributed by atoms with van der Waals surface area (Å²) in [5.41, 5.74) is 0.120. The molecule has 0 N–H and O–H groups in total. The molecule has 0 saturated carbocycles. The van der Waals surface area contributed by atoms with Crippen molar-refractivity contribution in [3.05, 3.63) is 24.2 Å². The second kappa shape index (κ2) is 3.21. The monoisotopic (exact) mass is 168 g/mol. The first-order valence-electron chi connectivity index (χ1n) is 4.12. The molecule has 1 atom stereocenters. The minimum Gasteiger partial charge on any atom is -0.497 e. The first kappa shape index (κ1) is 9.17. The van der Waals surface area contributed by atoms with Crippen molar-refractivity contribution in [1.29, 1.82) is 0 Å². The molecule has 0 amide bonds. The molecule has 68 valence electrons. The van der Waals surface area contributed by atoms with Gasteiger partial charge in [-0.2, -0.15) is 0 Å². The van der Waals surface area contributed by atoms with Gasteiger partial charge in [-0.05, 0) is 6.08 Å². The molecule has 0 aromatic rings. The Bertz CT molecular complexity index is 208. The zero-order chi connectivity index (χ0) is 9.19. The van der Waals surface area contributed by atoms with Gasteiger partial charge in [0.2, 0.25) is 0 Å². The third-order valence-corrected chi connectivity index (χ3v) is 1.86. The molecule has 0 aromatic heterocycles. The van der Waals surface area contributed by atoms with E-state index in [1.807, 2.05) is 12.2 Å². The smallest absolute Gasteiger partial charge is 0.125 e. The molecular formula is C10H16O2. The largest absolute Gasteiger partial charge is 0.497 e. The van der Waals surface area contributed by atoms with Crippen molar-refractivity contribution in [2.75, 3.05) is 7.11 Å². The molecule has 2 nitrogen and oxygen atoms in total. The SMILES string of the molecule is COC1=CC(C(C)(C)C)OC=C1. The number of rotatable bonds is 1. The van der Waals surface area contributed by atoms with Gasteiger partial charge in [-0.3, -0.25) is 0 Å². The van der Waals surface area contributed by atoms with Crippen molar-refractivity contribution in [3.8, 4) is 0 Å². The number of ether oxygens (including phenoxy) is 2. The lowest BCUT2D eigenvalue weighted by molar-refractivity contribution is 0.0753. The van der Waals surface area contributed by atoms with Crippen LogP contribution < -0.4 is 0 Å². The number of hydrogen-bond donors (Lipinski definition) is 0. The van der Waals surface area contributed by atoms with E-state index >= 15 is 0 Å². The van der Waals surface area contributed by atoms with E-state index in [0.717, 1.165) is 5.76 Å². The molecule has 0 saturated heterocycles. The van der Waals surface area contributed by atoms with Gasteiger partial charge < -0.3 is 9.47 Å². The van der Waals surface area contributed by atoms with Crippen molar-refractivity contribution >= 4 is 0 Å². The van der Waals surface area contributed by atoms with Crippen molar-refractivity contribution in [1.82, 2.24) is 0 Å². The molecule has 0 fully saturated rings. The van der Waals surface area contributed by atoms with Crippen LogP contribution in [0.15, 0.2) is 24.2 Å². The lowest BCUT2D eigenvalue weighted by Crippen LogP contribution is -2.27. The average molecular weight is 168 g/mol. The second-order valence-electron chi connectivity index (χ2n) is 4.00. The summed E-state index contributed by atoms with van der Waals surface area (Å²) < 4.78 is 10.5. The van der Waals surface area contributed by atoms with E-state index in [4.69, 9.17) is 9.47 Å². The van der Waals surface area contributed by atoms with Crippen LogP contribution in [0, 0.1) is 5.41 Å². The van der Waals surface area contributed by atoms with E-state index < -0.39 is 0 Å². The van der Waals surface area contributed by atoms with Crippen LogP contribution in [-0.4, -0.2) is 13.2 Å². The molecular weight excluding hydrogens is 152 g/mol. The summed E-state index contributed by atoms with van der Waals surface area (Å²) >= 11 is 0. The third kappa shape index (κ3) is 2.03. The van der Waals surface area contributed by atoms with Crippen LogP contribution in [0.2, 0.25) is 0 Å². The molecule has 0 aliphatic carbocycles. The Balaban J connectivity index is 2.72. The van der Waals surface area contributed by atoms with Gasteiger partial charge in [-0.25, -0.2) is 0 Å². The zero-order valence-electron chi connectivity index (χ0n) is 8.13. The molecule has 1 aliphatic heterocycles. The molecule has 2 heteroatoms. The fourth-order valence-electron chi connectivity index (χ4n) is 1.03. The Morgan fingerprint density at radius 3 is 2.58 bits per heavy atom. The first-order valence-corrected chi connectivity index (χ1v) is 4.12. The second-order valence-corrected chi connectivity index (χ2v) is 4.00. The van der Waals surface area contributed by atoms with E-state index in [1.54, 1.807) is 13.4 Å². The molecule has 0 aromatic carbocycles. The van der Waals surface area contributed by atoms with Gasteiger partial charge in [-0.1, -0.05) is 20.8 Å². The van der Waals surface area contributed by atoms with E-state index in [-0.39, 0.29) is 11.5 Å². The maximum atomic E-state index is 5.44. The first-order chi connectivity index (χ1) is 5.54. The quantitative estimate of drug-likeness (QED) is 0.598. The molecule has 1 unspecified atom stereocenters. The van der Waals surface area contributed by atoms with Crippen molar-refractivity contribution in [2.45, 2.75) is 26.9 Å². The number of methoxy groups -OCH3 is 1. The van der Waals surface area contributed by atoms with Crippen LogP contribution >= 0.6 is 0 Å². The highest BCUT2D eigenvalue weighted by Gasteiger charge is 2.25. The van der Waals surface area contributed by atoms with Crippen LogP contribution in [0.5, 0.6) is 0 Å². The van der Waals surface area contributed by atoms with Gasteiger partial charge in [0.1, 0.15) is 11.9 Å². The van der Waals surface area contributed by atoms with Gasteiger partial charge in [0.25, 0.3) is 0 Å². The predicted molar refractivity (Wildman–Crippen MR) is 48.6 cm³/mol. The van der Waals surface area contributed by atoms with Crippen molar-refractivity contribution < 1.29 is 9.47 Å². The molecule has 12 heavy (non-hydrogen) atoms. The summed E-state index contributed by atoms with van der Waals surface area (Å²) in [5.74, 6) is 0.876. The van der Waals surface area contributed by atoms with Crippen LogP contribution in [0.4, 0.5) is 0 Å². The van der Waals surface area contributed by atoms with Crippen LogP contribution in [-0.2, 0) is 9.47 Å². The average Bonchev–Trinajstić information content (AvgIpc) is 2.03. The van der Waals surface area contributed by atoms with Crippen molar-refractivity contribution in [3.63, 3.8) is 0 Å². The fourth-order valence-corrected chi connectivity index (χ4v) is 1.03. The molecule has 1 aliphatic rings. The Hall–Kier alpha value is -0.920. The minimum absolute atomic E-state index is 0.109. The Morgan fingerprint density at radius 2 is 2.08 bits per heavy atom. The van der Waals surface area contributed by atoms with Crippen LogP contribution in [0.1, 0.15) is 20.8 Å². The molecule has 0 spiro atoms. The molecule has 1 heterocycles. The lowest BCUT2D eigenvalue weighted by atomic mass is 9.88. The number of allylic oxidation sites excluding steroid dienone is 1. The summed E-state index contributed by atoms with van der Waals surface area (Å²) in [6, 6.07) is 0. The van der Waals surface area contributed by atoms with E-state index in [0.29, 0.717) is 0 Å². The Morgan fingerprint density at radius 1 is 1.42 bits per heavy atom. The lowest BCUT2D eigenvalue weighted by Gasteiger charge is -2.29. The highest BCUT2D eigenvalue weighted by atomic mass is 16.5. The Labute approximate surface area is 73.9 Å². The Kier molecular flexibility index (Phi) is 2.46. The minimum atomic E-state index is 0.109. The van der Waals surface area contributed by atoms with E-state index in [9.17, 15) is 0 Å². The fraction of sp³-hybridized carbons (Fsp3) is 0.600. The summed E-state index contributed by atoms with van der Waals surface area (Å²) in [6.45, 7) is 6.42. The third-order valence-electron chi connectivity index (χ3n) is 1.86. The zero-order valence-corrected chi connectivity index (χ0v) is 8.13. The molecule has 0 bridgehead atoms. The standard InChI is InChI=1S/C10H16O2/c1-10(2,3)9-7-8(11-4)5-6-12-9/h5-7,9H,1-4H3. The summed E-state index contributed by atoms with van der Waals surface area (Å²) in [7, 11) is 1.67. The highest BCUT2D eigenvalue weighted by Crippen LogP contribution is 2.27. The van der Waals surface area contributed by atoms with Crippen LogP contribution in [0.25, 0.3) is 0 Å². The van der Waals surface area contributed by atoms with Crippen LogP contribution in [0.3, 0.4) is 0 Å². The topological polar surface area (TPSA) is 18.5 Å². The highest BCUT2D eigenvalue weighted by molar-refractivity contribution is 5.17. The summed E-state index contributed by atoms with van der Waals surface area (Å²) in [5, 5.41) is 0. The van der Waals surface area contributed by atoms with Gasteiger partial charge in [-0.15, -0.1) is 0 Å². The van der Waals surface area contributed by atoms with Gasteiger partial charge in [0.05, 0.1) is 13.4 Å². The summed E-state index contributed by atoms with van der Waals surface area (Å²) in [4.78, 5) is 0. The van der Waals surface area contributed by atoms with Gasteiger partial charge >= 0.3 is 0 Å². The summed E-state index contributed by atoms with van der Waals surface area (Å²) in [6.07, 6.45) is 5.62.